The van der Waals surface area contributed by atoms with Crippen LogP contribution >= 0.6 is 0 Å². The van der Waals surface area contributed by atoms with E-state index < -0.39 is 10.2 Å². The molecule has 0 spiro atoms. The summed E-state index contributed by atoms with van der Waals surface area (Å²) >= 11 is 0. The Labute approximate surface area is 145 Å². The van der Waals surface area contributed by atoms with Gasteiger partial charge in [-0.1, -0.05) is 19.3 Å². The first kappa shape index (κ1) is 17.6. The predicted molar refractivity (Wildman–Crippen MR) is 96.1 cm³/mol. The van der Waals surface area contributed by atoms with Gasteiger partial charge in [-0.25, -0.2) is 4.98 Å². The van der Waals surface area contributed by atoms with Gasteiger partial charge < -0.3 is 4.90 Å². The lowest BCUT2D eigenvalue weighted by atomic mass is 9.96. The Morgan fingerprint density at radius 1 is 1.21 bits per heavy atom. The highest BCUT2D eigenvalue weighted by Crippen LogP contribution is 2.23. The van der Waals surface area contributed by atoms with Crippen LogP contribution in [0.2, 0.25) is 0 Å². The minimum absolute atomic E-state index is 0.133. The first-order valence-corrected chi connectivity index (χ1v) is 10.4. The van der Waals surface area contributed by atoms with Crippen molar-refractivity contribution >= 4 is 16.0 Å². The Morgan fingerprint density at radius 2 is 1.92 bits per heavy atom. The van der Waals surface area contributed by atoms with E-state index in [-0.39, 0.29) is 6.04 Å². The zero-order valence-electron chi connectivity index (χ0n) is 14.4. The fourth-order valence-corrected chi connectivity index (χ4v) is 4.76. The van der Waals surface area contributed by atoms with Gasteiger partial charge in [0.1, 0.15) is 5.82 Å². The van der Waals surface area contributed by atoms with Crippen molar-refractivity contribution in [3.8, 4) is 0 Å². The van der Waals surface area contributed by atoms with Crippen LogP contribution in [-0.4, -0.2) is 43.9 Å². The van der Waals surface area contributed by atoms with Gasteiger partial charge in [0.25, 0.3) is 10.2 Å². The van der Waals surface area contributed by atoms with E-state index in [4.69, 9.17) is 0 Å². The van der Waals surface area contributed by atoms with Crippen molar-refractivity contribution in [2.45, 2.75) is 57.5 Å². The molecule has 0 atom stereocenters. The van der Waals surface area contributed by atoms with Crippen LogP contribution < -0.4 is 9.62 Å². The van der Waals surface area contributed by atoms with Gasteiger partial charge in [0.15, 0.2) is 0 Å². The zero-order valence-corrected chi connectivity index (χ0v) is 15.3. The van der Waals surface area contributed by atoms with Gasteiger partial charge in [0, 0.05) is 38.9 Å². The molecule has 0 amide bonds. The first-order valence-electron chi connectivity index (χ1n) is 8.99. The van der Waals surface area contributed by atoms with Gasteiger partial charge in [0.05, 0.1) is 0 Å². The highest BCUT2D eigenvalue weighted by Gasteiger charge is 2.27. The van der Waals surface area contributed by atoms with Crippen molar-refractivity contribution in [3.63, 3.8) is 0 Å². The summed E-state index contributed by atoms with van der Waals surface area (Å²) in [4.78, 5) is 6.67. The van der Waals surface area contributed by atoms with E-state index >= 15 is 0 Å². The molecule has 0 radical (unpaired) electrons. The maximum atomic E-state index is 12.5. The molecule has 1 N–H and O–H groups in total. The van der Waals surface area contributed by atoms with Crippen LogP contribution in [0, 0.1) is 0 Å². The largest absolute Gasteiger partial charge is 0.357 e. The van der Waals surface area contributed by atoms with Crippen LogP contribution in [0.4, 0.5) is 5.82 Å². The second-order valence-corrected chi connectivity index (χ2v) is 8.67. The highest BCUT2D eigenvalue weighted by molar-refractivity contribution is 7.87. The van der Waals surface area contributed by atoms with E-state index in [2.05, 4.69) is 14.6 Å². The van der Waals surface area contributed by atoms with Crippen LogP contribution in [0.1, 0.15) is 50.5 Å². The SMILES string of the molecule is CN(C1CCCCC1)S(=O)(=O)NCc1ccnc(N2CCCC2)c1. The summed E-state index contributed by atoms with van der Waals surface area (Å²) in [7, 11) is -1.75. The molecule has 1 aromatic heterocycles. The topological polar surface area (TPSA) is 65.5 Å². The molecule has 2 heterocycles. The maximum absolute atomic E-state index is 12.5. The van der Waals surface area contributed by atoms with Crippen molar-refractivity contribution < 1.29 is 8.42 Å². The Kier molecular flexibility index (Phi) is 5.73. The second-order valence-electron chi connectivity index (χ2n) is 6.85. The Balaban J connectivity index is 1.60. The Hall–Kier alpha value is -1.18. The molecular formula is C17H28N4O2S. The molecule has 24 heavy (non-hydrogen) atoms. The van der Waals surface area contributed by atoms with Gasteiger partial charge in [-0.2, -0.15) is 17.4 Å². The minimum Gasteiger partial charge on any atom is -0.357 e. The van der Waals surface area contributed by atoms with Crippen molar-refractivity contribution in [3.05, 3.63) is 23.9 Å². The normalized spacial score (nSPS) is 20.0. The number of aromatic nitrogens is 1. The van der Waals surface area contributed by atoms with Gasteiger partial charge >= 0.3 is 0 Å². The minimum atomic E-state index is -3.44. The Morgan fingerprint density at radius 3 is 2.62 bits per heavy atom. The van der Waals surface area contributed by atoms with E-state index in [1.54, 1.807) is 13.2 Å². The lowest BCUT2D eigenvalue weighted by molar-refractivity contribution is 0.283. The van der Waals surface area contributed by atoms with Crippen molar-refractivity contribution in [2.75, 3.05) is 25.0 Å². The number of hydrogen-bond donors (Lipinski definition) is 1. The average Bonchev–Trinajstić information content (AvgIpc) is 3.15. The van der Waals surface area contributed by atoms with Gasteiger partial charge in [0.2, 0.25) is 0 Å². The second kappa shape index (κ2) is 7.80. The number of nitrogens with zero attached hydrogens (tertiary/aromatic N) is 3. The molecule has 134 valence electrons. The molecule has 7 heteroatoms. The lowest BCUT2D eigenvalue weighted by Gasteiger charge is -2.30. The monoisotopic (exact) mass is 352 g/mol. The summed E-state index contributed by atoms with van der Waals surface area (Å²) in [6, 6.07) is 4.01. The molecule has 1 saturated heterocycles. The van der Waals surface area contributed by atoms with Crippen molar-refractivity contribution in [1.82, 2.24) is 14.0 Å². The third-order valence-electron chi connectivity index (χ3n) is 5.17. The number of anilines is 1. The molecule has 1 aliphatic heterocycles. The number of rotatable bonds is 6. The zero-order chi connectivity index (χ0) is 17.0. The van der Waals surface area contributed by atoms with Crippen LogP contribution in [0.25, 0.3) is 0 Å². The fourth-order valence-electron chi connectivity index (χ4n) is 3.61. The summed E-state index contributed by atoms with van der Waals surface area (Å²) in [5.74, 6) is 0.949. The molecule has 6 nitrogen and oxygen atoms in total. The number of hydrogen-bond acceptors (Lipinski definition) is 4. The third kappa shape index (κ3) is 4.26. The third-order valence-corrected chi connectivity index (χ3v) is 6.73. The molecule has 0 bridgehead atoms. The van der Waals surface area contributed by atoms with Crippen LogP contribution in [0.3, 0.4) is 0 Å². The molecule has 1 aromatic rings. The van der Waals surface area contributed by atoms with E-state index in [0.717, 1.165) is 50.2 Å². The summed E-state index contributed by atoms with van der Waals surface area (Å²) in [5, 5.41) is 0. The standard InChI is InChI=1S/C17H28N4O2S/c1-20(16-7-3-2-4-8-16)24(22,23)19-14-15-9-10-18-17(13-15)21-11-5-6-12-21/h9-10,13,16,19H,2-8,11-12,14H2,1H3. The molecule has 1 aliphatic carbocycles. The summed E-state index contributed by atoms with van der Waals surface area (Å²) in [5.41, 5.74) is 0.951. The molecule has 0 aromatic carbocycles. The van der Waals surface area contributed by atoms with E-state index in [9.17, 15) is 8.42 Å². The van der Waals surface area contributed by atoms with Gasteiger partial charge in [-0.3, -0.25) is 0 Å². The number of pyridine rings is 1. The lowest BCUT2D eigenvalue weighted by Crippen LogP contribution is -2.44. The summed E-state index contributed by atoms with van der Waals surface area (Å²) in [6.07, 6.45) is 9.55. The molecular weight excluding hydrogens is 324 g/mol. The molecule has 2 fully saturated rings. The van der Waals surface area contributed by atoms with Gasteiger partial charge in [-0.15, -0.1) is 0 Å². The van der Waals surface area contributed by atoms with E-state index in [1.165, 1.54) is 23.6 Å². The highest BCUT2D eigenvalue weighted by atomic mass is 32.2. The van der Waals surface area contributed by atoms with Crippen LogP contribution in [-0.2, 0) is 16.8 Å². The van der Waals surface area contributed by atoms with Crippen LogP contribution in [0.5, 0.6) is 0 Å². The van der Waals surface area contributed by atoms with Gasteiger partial charge in [-0.05, 0) is 43.4 Å². The summed E-state index contributed by atoms with van der Waals surface area (Å²) in [6.45, 7) is 2.38. The van der Waals surface area contributed by atoms with E-state index in [0.29, 0.717) is 6.54 Å². The maximum Gasteiger partial charge on any atom is 0.279 e. The predicted octanol–water partition coefficient (Wildman–Crippen LogP) is 2.28. The van der Waals surface area contributed by atoms with Crippen molar-refractivity contribution in [1.29, 1.82) is 0 Å². The Bertz CT molecular complexity index is 638. The number of nitrogens with one attached hydrogen (secondary N) is 1. The summed E-state index contributed by atoms with van der Waals surface area (Å²) < 4.78 is 29.3. The van der Waals surface area contributed by atoms with Crippen molar-refractivity contribution in [2.24, 2.45) is 0 Å². The molecule has 1 saturated carbocycles. The van der Waals surface area contributed by atoms with Crippen LogP contribution in [0.15, 0.2) is 18.3 Å². The molecule has 0 unspecified atom stereocenters. The first-order chi connectivity index (χ1) is 11.6. The smallest absolute Gasteiger partial charge is 0.279 e. The average molecular weight is 353 g/mol. The fraction of sp³-hybridized carbons (Fsp3) is 0.706. The quantitative estimate of drug-likeness (QED) is 0.853. The molecule has 2 aliphatic rings. The van der Waals surface area contributed by atoms with E-state index in [1.807, 2.05) is 12.1 Å². The molecule has 3 rings (SSSR count).